The van der Waals surface area contributed by atoms with Crippen molar-refractivity contribution in [3.05, 3.63) is 69.0 Å². The summed E-state index contributed by atoms with van der Waals surface area (Å²) in [5.74, 6) is -2.05. The quantitative estimate of drug-likeness (QED) is 0.573. The van der Waals surface area contributed by atoms with Crippen molar-refractivity contribution >= 4 is 11.9 Å². The van der Waals surface area contributed by atoms with E-state index in [-0.39, 0.29) is 13.0 Å². The fourth-order valence-corrected chi connectivity index (χ4v) is 3.20. The van der Waals surface area contributed by atoms with Gasteiger partial charge in [0.2, 0.25) is 0 Å². The lowest BCUT2D eigenvalue weighted by Gasteiger charge is -2.32. The van der Waals surface area contributed by atoms with Crippen LogP contribution in [0, 0.1) is 0 Å². The number of carboxylic acid groups (broad SMARTS) is 1. The second-order valence-electron chi connectivity index (χ2n) is 5.92. The minimum Gasteiger partial charge on any atom is -0.480 e. The molecule has 2 heterocycles. The second-order valence-corrected chi connectivity index (χ2v) is 5.92. The monoisotopic (exact) mass is 359 g/mol. The summed E-state index contributed by atoms with van der Waals surface area (Å²) in [6.07, 6.45) is 3.19. The number of aromatic nitrogens is 3. The third-order valence-electron chi connectivity index (χ3n) is 4.30. The maximum absolute atomic E-state index is 12.8. The third-order valence-corrected chi connectivity index (χ3v) is 4.30. The summed E-state index contributed by atoms with van der Waals surface area (Å²) in [5, 5.41) is 8.97. The highest BCUT2D eigenvalue weighted by Crippen LogP contribution is 2.27. The van der Waals surface area contributed by atoms with Gasteiger partial charge in [0, 0.05) is 6.42 Å². The van der Waals surface area contributed by atoms with E-state index in [9.17, 15) is 19.2 Å². The van der Waals surface area contributed by atoms with Crippen molar-refractivity contribution < 1.29 is 19.4 Å². The first-order chi connectivity index (χ1) is 12.4. The average Bonchev–Trinajstić information content (AvgIpc) is 2.87. The van der Waals surface area contributed by atoms with Crippen LogP contribution >= 0.6 is 0 Å². The van der Waals surface area contributed by atoms with Crippen LogP contribution in [0.3, 0.4) is 0 Å². The zero-order chi connectivity index (χ0) is 18.9. The van der Waals surface area contributed by atoms with Crippen molar-refractivity contribution in [3.63, 3.8) is 0 Å². The van der Waals surface area contributed by atoms with Crippen LogP contribution < -0.4 is 11.4 Å². The fraction of sp³-hybridized carbons (Fsp3) is 0.294. The summed E-state index contributed by atoms with van der Waals surface area (Å²) in [5.41, 5.74) is -2.48. The van der Waals surface area contributed by atoms with E-state index < -0.39 is 35.4 Å². The Bertz CT molecular complexity index is 998. The lowest BCUT2D eigenvalue weighted by atomic mass is 9.89. The molecule has 136 valence electrons. The average molecular weight is 359 g/mol. The number of nitrogens with zero attached hydrogens (tertiary/aromatic N) is 3. The third kappa shape index (κ3) is 2.67. The molecule has 1 unspecified atom stereocenters. The Morgan fingerprint density at radius 1 is 1.19 bits per heavy atom. The van der Waals surface area contributed by atoms with E-state index in [1.165, 1.54) is 13.2 Å². The van der Waals surface area contributed by atoms with Gasteiger partial charge in [0.15, 0.2) is 5.54 Å². The Kier molecular flexibility index (Phi) is 4.37. The van der Waals surface area contributed by atoms with Gasteiger partial charge < -0.3 is 9.84 Å². The van der Waals surface area contributed by atoms with E-state index in [0.717, 1.165) is 14.9 Å². The first kappa shape index (κ1) is 17.5. The van der Waals surface area contributed by atoms with E-state index >= 15 is 0 Å². The molecule has 1 N–H and O–H groups in total. The number of carbonyl (C=O) groups excluding carboxylic acids is 1. The van der Waals surface area contributed by atoms with Crippen molar-refractivity contribution in [2.75, 3.05) is 7.11 Å². The molecule has 1 atom stereocenters. The van der Waals surface area contributed by atoms with Crippen molar-refractivity contribution in [1.82, 2.24) is 13.9 Å². The van der Waals surface area contributed by atoms with Crippen molar-refractivity contribution in [2.24, 2.45) is 0 Å². The van der Waals surface area contributed by atoms with Crippen LogP contribution in [-0.4, -0.2) is 38.1 Å². The predicted molar refractivity (Wildman–Crippen MR) is 89.9 cm³/mol. The van der Waals surface area contributed by atoms with Gasteiger partial charge >= 0.3 is 23.3 Å². The molecule has 3 rings (SSSR count). The standard InChI is InChI=1S/C17H17N3O6/c1-26-14(23)17(10-12-6-3-2-4-7-12)8-5-9-19-15(24)18(11-13(21)22)16(25)20(17)19/h2-8H,9-11H2,1H3,(H,21,22). The number of carboxylic acids is 1. The van der Waals surface area contributed by atoms with Crippen molar-refractivity contribution in [3.8, 4) is 0 Å². The van der Waals surface area contributed by atoms with Crippen LogP contribution in [0.1, 0.15) is 5.56 Å². The van der Waals surface area contributed by atoms with Gasteiger partial charge in [-0.3, -0.25) is 4.79 Å². The van der Waals surface area contributed by atoms with E-state index in [2.05, 4.69) is 0 Å². The smallest absolute Gasteiger partial charge is 0.349 e. The van der Waals surface area contributed by atoms with E-state index in [4.69, 9.17) is 9.84 Å². The fourth-order valence-electron chi connectivity index (χ4n) is 3.20. The summed E-state index contributed by atoms with van der Waals surface area (Å²) in [4.78, 5) is 49.0. The Labute approximate surface area is 147 Å². The van der Waals surface area contributed by atoms with Crippen LogP contribution in [0.25, 0.3) is 0 Å². The van der Waals surface area contributed by atoms with Gasteiger partial charge in [-0.2, -0.15) is 0 Å². The van der Waals surface area contributed by atoms with Gasteiger partial charge in [-0.15, -0.1) is 0 Å². The molecule has 1 aromatic heterocycles. The zero-order valence-corrected chi connectivity index (χ0v) is 14.0. The van der Waals surface area contributed by atoms with Crippen LogP contribution in [-0.2, 0) is 39.4 Å². The Morgan fingerprint density at radius 2 is 1.88 bits per heavy atom. The number of hydrogen-bond acceptors (Lipinski definition) is 5. The Balaban J connectivity index is 2.25. The molecule has 2 aromatic rings. The molecule has 9 heteroatoms. The highest BCUT2D eigenvalue weighted by Gasteiger charge is 2.45. The number of aliphatic carboxylic acids is 1. The molecule has 9 nitrogen and oxygen atoms in total. The number of ether oxygens (including phenoxy) is 1. The van der Waals surface area contributed by atoms with Gasteiger partial charge in [-0.05, 0) is 11.6 Å². The number of allylic oxidation sites excluding steroid dienone is 1. The predicted octanol–water partition coefficient (Wildman–Crippen LogP) is -0.423. The Morgan fingerprint density at radius 3 is 2.50 bits per heavy atom. The molecule has 1 aliphatic heterocycles. The molecule has 1 aliphatic rings. The molecule has 0 radical (unpaired) electrons. The molecule has 0 aliphatic carbocycles. The first-order valence-electron chi connectivity index (χ1n) is 7.85. The van der Waals surface area contributed by atoms with Gasteiger partial charge in [-0.1, -0.05) is 36.4 Å². The molecule has 26 heavy (non-hydrogen) atoms. The van der Waals surface area contributed by atoms with Crippen molar-refractivity contribution in [1.29, 1.82) is 0 Å². The minimum absolute atomic E-state index is 0.0498. The maximum Gasteiger partial charge on any atom is 0.349 e. The number of rotatable bonds is 5. The summed E-state index contributed by atoms with van der Waals surface area (Å²) < 4.78 is 7.57. The molecule has 0 saturated heterocycles. The van der Waals surface area contributed by atoms with E-state index in [1.54, 1.807) is 30.3 Å². The molecular formula is C17H17N3O6. The topological polar surface area (TPSA) is 113 Å². The molecule has 1 aromatic carbocycles. The zero-order valence-electron chi connectivity index (χ0n) is 14.0. The number of methoxy groups -OCH3 is 1. The van der Waals surface area contributed by atoms with Crippen molar-refractivity contribution in [2.45, 2.75) is 25.0 Å². The minimum atomic E-state index is -1.58. The molecule has 0 saturated carbocycles. The molecular weight excluding hydrogens is 342 g/mol. The summed E-state index contributed by atoms with van der Waals surface area (Å²) in [7, 11) is 1.19. The number of benzene rings is 1. The number of fused-ring (bicyclic) bond motifs is 1. The molecule has 0 amide bonds. The van der Waals surface area contributed by atoms with Crippen LogP contribution in [0.4, 0.5) is 0 Å². The normalized spacial score (nSPS) is 18.3. The van der Waals surface area contributed by atoms with E-state index in [0.29, 0.717) is 4.57 Å². The lowest BCUT2D eigenvalue weighted by Crippen LogP contribution is -2.53. The van der Waals surface area contributed by atoms with E-state index in [1.807, 2.05) is 6.07 Å². The van der Waals surface area contributed by atoms with Gasteiger partial charge in [0.05, 0.1) is 13.7 Å². The van der Waals surface area contributed by atoms with Crippen LogP contribution in [0.5, 0.6) is 0 Å². The molecule has 0 fully saturated rings. The largest absolute Gasteiger partial charge is 0.480 e. The highest BCUT2D eigenvalue weighted by atomic mass is 16.5. The van der Waals surface area contributed by atoms with Gasteiger partial charge in [-0.25, -0.2) is 28.3 Å². The summed E-state index contributed by atoms with van der Waals surface area (Å²) in [6.45, 7) is -0.735. The number of hydrogen-bond donors (Lipinski definition) is 1. The van der Waals surface area contributed by atoms with Crippen LogP contribution in [0.15, 0.2) is 52.1 Å². The lowest BCUT2D eigenvalue weighted by molar-refractivity contribution is -0.150. The molecule has 0 bridgehead atoms. The first-order valence-corrected chi connectivity index (χ1v) is 7.85. The number of carbonyl (C=O) groups is 2. The SMILES string of the molecule is COC(=O)C1(Cc2ccccc2)C=CCn2c(=O)n(CC(=O)O)c(=O)n21. The summed E-state index contributed by atoms with van der Waals surface area (Å²) >= 11 is 0. The second kappa shape index (κ2) is 6.51. The highest BCUT2D eigenvalue weighted by molar-refractivity contribution is 5.81. The Hall–Kier alpha value is -3.36. The molecule has 0 spiro atoms. The van der Waals surface area contributed by atoms with Crippen LogP contribution in [0.2, 0.25) is 0 Å². The number of esters is 1. The maximum atomic E-state index is 12.8. The van der Waals surface area contributed by atoms with Gasteiger partial charge in [0.25, 0.3) is 0 Å². The summed E-state index contributed by atoms with van der Waals surface area (Å²) in [6, 6.07) is 8.97. The van der Waals surface area contributed by atoms with Gasteiger partial charge in [0.1, 0.15) is 6.54 Å².